The molecule has 1 fully saturated rings. The highest BCUT2D eigenvalue weighted by molar-refractivity contribution is 7.13. The lowest BCUT2D eigenvalue weighted by atomic mass is 9.96. The predicted octanol–water partition coefficient (Wildman–Crippen LogP) is 0.500. The normalized spacial score (nSPS) is 17.8. The van der Waals surface area contributed by atoms with E-state index in [9.17, 15) is 14.4 Å². The Morgan fingerprint density at radius 1 is 1.18 bits per heavy atom. The molecule has 0 saturated carbocycles. The first kappa shape index (κ1) is 18.8. The van der Waals surface area contributed by atoms with E-state index in [1.807, 2.05) is 0 Å². The van der Waals surface area contributed by atoms with E-state index < -0.39 is 0 Å². The number of aryl methyl sites for hydroxylation is 1. The van der Waals surface area contributed by atoms with Crippen LogP contribution >= 0.6 is 11.3 Å². The number of carbonyl (C=O) groups is 2. The average Bonchev–Trinajstić information content (AvgIpc) is 3.23. The van der Waals surface area contributed by atoms with Crippen LogP contribution in [0.15, 0.2) is 10.3 Å². The molecule has 1 saturated heterocycles. The molecule has 0 unspecified atom stereocenters. The van der Waals surface area contributed by atoms with Crippen LogP contribution < -0.4 is 11.0 Å². The summed E-state index contributed by atoms with van der Waals surface area (Å²) in [5, 5.41) is 15.1. The van der Waals surface area contributed by atoms with Crippen LogP contribution in [-0.2, 0) is 29.1 Å². The number of anilines is 1. The van der Waals surface area contributed by atoms with Crippen molar-refractivity contribution in [3.63, 3.8) is 0 Å². The van der Waals surface area contributed by atoms with Gasteiger partial charge in [0.2, 0.25) is 16.9 Å². The van der Waals surface area contributed by atoms with Gasteiger partial charge in [0.05, 0.1) is 0 Å². The summed E-state index contributed by atoms with van der Waals surface area (Å²) in [6.45, 7) is 1.63. The van der Waals surface area contributed by atoms with Crippen molar-refractivity contribution in [1.29, 1.82) is 0 Å². The summed E-state index contributed by atoms with van der Waals surface area (Å²) < 4.78 is 2.99. The molecule has 0 radical (unpaired) electrons. The van der Waals surface area contributed by atoms with Gasteiger partial charge in [0.25, 0.3) is 0 Å². The molecule has 0 aromatic carbocycles. The minimum Gasteiger partial charge on any atom is -0.341 e. The molecule has 2 amide bonds. The van der Waals surface area contributed by atoms with Crippen molar-refractivity contribution in [2.75, 3.05) is 18.4 Å². The van der Waals surface area contributed by atoms with Gasteiger partial charge < -0.3 is 10.2 Å². The van der Waals surface area contributed by atoms with Crippen LogP contribution in [0.2, 0.25) is 0 Å². The Balaban J connectivity index is 1.32. The van der Waals surface area contributed by atoms with E-state index in [-0.39, 0.29) is 30.0 Å². The SMILES string of the molecule is O=C(Nc1nncs1)C1CCN(C(=O)Cn2nc3n(c2=O)CCCCC3)CC1. The van der Waals surface area contributed by atoms with Gasteiger partial charge in [-0.25, -0.2) is 9.48 Å². The maximum absolute atomic E-state index is 12.6. The lowest BCUT2D eigenvalue weighted by molar-refractivity contribution is -0.135. The zero-order valence-electron chi connectivity index (χ0n) is 15.5. The molecule has 0 atom stereocenters. The zero-order chi connectivity index (χ0) is 19.5. The van der Waals surface area contributed by atoms with Crippen LogP contribution in [0, 0.1) is 5.92 Å². The lowest BCUT2D eigenvalue weighted by Crippen LogP contribution is -2.44. The van der Waals surface area contributed by atoms with Crippen molar-refractivity contribution < 1.29 is 9.59 Å². The van der Waals surface area contributed by atoms with Gasteiger partial charge in [-0.1, -0.05) is 17.8 Å². The maximum atomic E-state index is 12.6. The highest BCUT2D eigenvalue weighted by Crippen LogP contribution is 2.20. The second-order valence-corrected chi connectivity index (χ2v) is 8.04. The van der Waals surface area contributed by atoms with Gasteiger partial charge in [0.1, 0.15) is 17.9 Å². The van der Waals surface area contributed by atoms with E-state index in [1.165, 1.54) is 16.0 Å². The number of piperidine rings is 1. The number of fused-ring (bicyclic) bond motifs is 1. The van der Waals surface area contributed by atoms with Crippen molar-refractivity contribution in [1.82, 2.24) is 29.4 Å². The van der Waals surface area contributed by atoms with E-state index in [0.29, 0.717) is 37.6 Å². The van der Waals surface area contributed by atoms with Crippen LogP contribution in [0.1, 0.15) is 37.9 Å². The lowest BCUT2D eigenvalue weighted by Gasteiger charge is -2.31. The molecule has 10 nitrogen and oxygen atoms in total. The number of hydrogen-bond acceptors (Lipinski definition) is 7. The first-order valence-corrected chi connectivity index (χ1v) is 10.5. The number of rotatable bonds is 4. The van der Waals surface area contributed by atoms with Gasteiger partial charge in [0, 0.05) is 32.0 Å². The first-order valence-electron chi connectivity index (χ1n) is 9.63. The van der Waals surface area contributed by atoms with E-state index in [0.717, 1.165) is 31.5 Å². The van der Waals surface area contributed by atoms with Gasteiger partial charge in [-0.15, -0.1) is 10.2 Å². The van der Waals surface area contributed by atoms with Crippen molar-refractivity contribution in [2.24, 2.45) is 5.92 Å². The summed E-state index contributed by atoms with van der Waals surface area (Å²) in [5.41, 5.74) is 1.37. The van der Waals surface area contributed by atoms with Crippen LogP contribution in [0.4, 0.5) is 5.13 Å². The van der Waals surface area contributed by atoms with Gasteiger partial charge in [0.15, 0.2) is 0 Å². The standard InChI is InChI=1S/C17H23N7O3S/c25-14(10-24-17(27)23-7-3-1-2-4-13(23)21-24)22-8-5-12(6-9-22)15(26)19-16-20-18-11-28-16/h11-12H,1-10H2,(H,19,20,26). The smallest absolute Gasteiger partial charge is 0.341 e. The molecule has 0 spiro atoms. The number of likely N-dealkylation sites (tertiary alicyclic amines) is 1. The molecule has 2 aromatic rings. The van der Waals surface area contributed by atoms with E-state index >= 15 is 0 Å². The molecule has 2 aromatic heterocycles. The zero-order valence-corrected chi connectivity index (χ0v) is 16.4. The molecule has 1 N–H and O–H groups in total. The highest BCUT2D eigenvalue weighted by Gasteiger charge is 2.28. The van der Waals surface area contributed by atoms with E-state index in [4.69, 9.17) is 0 Å². The number of carbonyl (C=O) groups excluding carboxylic acids is 2. The van der Waals surface area contributed by atoms with Gasteiger partial charge in [-0.05, 0) is 25.7 Å². The fourth-order valence-corrected chi connectivity index (χ4v) is 4.23. The Labute approximate surface area is 165 Å². The van der Waals surface area contributed by atoms with Crippen molar-refractivity contribution in [3.8, 4) is 0 Å². The largest absolute Gasteiger partial charge is 0.346 e. The summed E-state index contributed by atoms with van der Waals surface area (Å²) >= 11 is 1.28. The Kier molecular flexibility index (Phi) is 5.51. The van der Waals surface area contributed by atoms with Crippen molar-refractivity contribution in [2.45, 2.75) is 51.6 Å². The third-order valence-electron chi connectivity index (χ3n) is 5.38. The summed E-state index contributed by atoms with van der Waals surface area (Å²) in [6, 6.07) is 0. The fraction of sp³-hybridized carbons (Fsp3) is 0.647. The van der Waals surface area contributed by atoms with Crippen molar-refractivity contribution in [3.05, 3.63) is 21.8 Å². The Morgan fingerprint density at radius 3 is 2.75 bits per heavy atom. The van der Waals surface area contributed by atoms with Crippen LogP contribution in [-0.4, -0.2) is 54.3 Å². The molecule has 2 aliphatic rings. The quantitative estimate of drug-likeness (QED) is 0.792. The monoisotopic (exact) mass is 405 g/mol. The van der Waals surface area contributed by atoms with E-state index in [2.05, 4.69) is 20.6 Å². The molecule has 2 aliphatic heterocycles. The minimum atomic E-state index is -0.198. The number of hydrogen-bond donors (Lipinski definition) is 1. The van der Waals surface area contributed by atoms with Gasteiger partial charge >= 0.3 is 5.69 Å². The molecule has 11 heteroatoms. The molecule has 0 bridgehead atoms. The molecule has 28 heavy (non-hydrogen) atoms. The maximum Gasteiger partial charge on any atom is 0.346 e. The van der Waals surface area contributed by atoms with Crippen molar-refractivity contribution >= 4 is 28.3 Å². The van der Waals surface area contributed by atoms with E-state index in [1.54, 1.807) is 15.0 Å². The third-order valence-corrected chi connectivity index (χ3v) is 5.98. The Bertz CT molecular complexity index is 896. The summed E-state index contributed by atoms with van der Waals surface area (Å²) in [4.78, 5) is 39.1. The Hall–Kier alpha value is -2.56. The van der Waals surface area contributed by atoms with Gasteiger partial charge in [-0.3, -0.25) is 14.2 Å². The third kappa shape index (κ3) is 3.98. The summed E-state index contributed by atoms with van der Waals surface area (Å²) in [7, 11) is 0. The van der Waals surface area contributed by atoms with Crippen LogP contribution in [0.25, 0.3) is 0 Å². The highest BCUT2D eigenvalue weighted by atomic mass is 32.1. The topological polar surface area (TPSA) is 115 Å². The molecule has 4 heterocycles. The number of nitrogens with one attached hydrogen (secondary N) is 1. The first-order chi connectivity index (χ1) is 13.6. The predicted molar refractivity (Wildman–Crippen MR) is 102 cm³/mol. The fourth-order valence-electron chi connectivity index (χ4n) is 3.78. The Morgan fingerprint density at radius 2 is 2.00 bits per heavy atom. The molecular weight excluding hydrogens is 382 g/mol. The molecular formula is C17H23N7O3S. The second kappa shape index (κ2) is 8.21. The second-order valence-electron chi connectivity index (χ2n) is 7.21. The molecule has 4 rings (SSSR count). The van der Waals surface area contributed by atoms with Crippen LogP contribution in [0.3, 0.4) is 0 Å². The van der Waals surface area contributed by atoms with Crippen LogP contribution in [0.5, 0.6) is 0 Å². The number of aromatic nitrogens is 5. The van der Waals surface area contributed by atoms with Gasteiger partial charge in [-0.2, -0.15) is 5.10 Å². The molecule has 150 valence electrons. The minimum absolute atomic E-state index is 0.0412. The summed E-state index contributed by atoms with van der Waals surface area (Å²) in [6.07, 6.45) is 5.06. The summed E-state index contributed by atoms with van der Waals surface area (Å²) in [5.74, 6) is 0.415. The number of nitrogens with zero attached hydrogens (tertiary/aromatic N) is 6. The molecule has 0 aliphatic carbocycles. The average molecular weight is 405 g/mol. The number of amides is 2.